The van der Waals surface area contributed by atoms with E-state index in [-0.39, 0.29) is 5.56 Å². The van der Waals surface area contributed by atoms with Crippen LogP contribution in [0.4, 0.5) is 17.6 Å². The minimum atomic E-state index is -4.35. The Balaban J connectivity index is 2.59. The lowest BCUT2D eigenvalue weighted by Crippen LogP contribution is -2.33. The fourth-order valence-electron chi connectivity index (χ4n) is 0.894. The molecule has 0 saturated carbocycles. The van der Waals surface area contributed by atoms with Crippen molar-refractivity contribution in [3.63, 3.8) is 0 Å². The van der Waals surface area contributed by atoms with Crippen LogP contribution in [0.1, 0.15) is 10.4 Å². The van der Waals surface area contributed by atoms with E-state index < -0.39 is 24.9 Å². The summed E-state index contributed by atoms with van der Waals surface area (Å²) < 4.78 is 52.5. The van der Waals surface area contributed by atoms with E-state index in [9.17, 15) is 22.4 Å². The summed E-state index contributed by atoms with van der Waals surface area (Å²) in [5.41, 5.74) is -0.0422. The molecule has 17 heavy (non-hydrogen) atoms. The van der Waals surface area contributed by atoms with Gasteiger partial charge in [-0.1, -0.05) is 11.6 Å². The van der Waals surface area contributed by atoms with Crippen LogP contribution < -0.4 is 0 Å². The van der Waals surface area contributed by atoms with Crippen LogP contribution in [0.2, 0.25) is 5.02 Å². The Kier molecular flexibility index (Phi) is 4.34. The number of hydrogen-bond donors (Lipinski definition) is 0. The highest BCUT2D eigenvalue weighted by molar-refractivity contribution is 6.30. The molecule has 2 nitrogen and oxygen atoms in total. The first kappa shape index (κ1) is 13.8. The lowest BCUT2D eigenvalue weighted by Gasteiger charge is -2.14. The van der Waals surface area contributed by atoms with Crippen molar-refractivity contribution in [2.24, 2.45) is 0 Å². The first-order valence-corrected chi connectivity index (χ1v) is 4.79. The molecule has 7 heteroatoms. The molecular formula is C10H7ClF4O2. The van der Waals surface area contributed by atoms with Crippen molar-refractivity contribution in [1.82, 2.24) is 0 Å². The van der Waals surface area contributed by atoms with Crippen LogP contribution in [0.25, 0.3) is 0 Å². The molecule has 94 valence electrons. The standard InChI is InChI=1S/C10H7ClF4O2/c11-7-3-1-6(2-4-7)8(16)17-5-10(14,15)9(12)13/h1-4,9H,5H2. The molecule has 0 N–H and O–H groups in total. The minimum absolute atomic E-state index is 0.0422. The van der Waals surface area contributed by atoms with Crippen LogP contribution in [0, 0.1) is 0 Å². The Morgan fingerprint density at radius 1 is 1.29 bits per heavy atom. The zero-order valence-electron chi connectivity index (χ0n) is 8.30. The SMILES string of the molecule is O=C(OCC(F)(F)C(F)F)c1ccc(Cl)cc1. The van der Waals surface area contributed by atoms with E-state index in [0.29, 0.717) is 5.02 Å². The lowest BCUT2D eigenvalue weighted by atomic mass is 10.2. The Labute approximate surface area is 99.1 Å². The first-order valence-electron chi connectivity index (χ1n) is 4.41. The number of hydrogen-bond acceptors (Lipinski definition) is 2. The third-order valence-electron chi connectivity index (χ3n) is 1.79. The van der Waals surface area contributed by atoms with Gasteiger partial charge in [0.2, 0.25) is 0 Å². The van der Waals surface area contributed by atoms with Crippen LogP contribution in [0.5, 0.6) is 0 Å². The number of carbonyl (C=O) groups excluding carboxylic acids is 1. The molecule has 0 radical (unpaired) electrons. The van der Waals surface area contributed by atoms with Crippen molar-refractivity contribution in [2.75, 3.05) is 6.61 Å². The average Bonchev–Trinajstić information content (AvgIpc) is 2.27. The second-order valence-corrected chi connectivity index (χ2v) is 3.58. The van der Waals surface area contributed by atoms with Gasteiger partial charge in [0.15, 0.2) is 6.61 Å². The van der Waals surface area contributed by atoms with Gasteiger partial charge in [-0.3, -0.25) is 0 Å². The maximum absolute atomic E-state index is 12.4. The fraction of sp³-hybridized carbons (Fsp3) is 0.300. The van der Waals surface area contributed by atoms with Gasteiger partial charge in [0.05, 0.1) is 5.56 Å². The lowest BCUT2D eigenvalue weighted by molar-refractivity contribution is -0.155. The summed E-state index contributed by atoms with van der Waals surface area (Å²) in [5, 5.41) is 0.347. The van der Waals surface area contributed by atoms with Gasteiger partial charge in [-0.25, -0.2) is 13.6 Å². The molecule has 0 fully saturated rings. The van der Waals surface area contributed by atoms with E-state index in [1.165, 1.54) is 24.3 Å². The Morgan fingerprint density at radius 2 is 1.82 bits per heavy atom. The summed E-state index contributed by atoms with van der Waals surface area (Å²) in [4.78, 5) is 11.2. The average molecular weight is 271 g/mol. The van der Waals surface area contributed by atoms with Gasteiger partial charge in [0.1, 0.15) is 0 Å². The van der Waals surface area contributed by atoms with Crippen molar-refractivity contribution in [3.05, 3.63) is 34.9 Å². The Morgan fingerprint density at radius 3 is 2.29 bits per heavy atom. The van der Waals surface area contributed by atoms with Crippen LogP contribution >= 0.6 is 11.6 Å². The molecule has 0 spiro atoms. The molecule has 1 aromatic carbocycles. The molecular weight excluding hydrogens is 264 g/mol. The maximum Gasteiger partial charge on any atom is 0.340 e. The number of alkyl halides is 4. The molecule has 0 unspecified atom stereocenters. The van der Waals surface area contributed by atoms with E-state index in [1.807, 2.05) is 0 Å². The molecule has 0 amide bonds. The van der Waals surface area contributed by atoms with Crippen LogP contribution in [-0.4, -0.2) is 24.9 Å². The van der Waals surface area contributed by atoms with Crippen molar-refractivity contribution >= 4 is 17.6 Å². The third kappa shape index (κ3) is 3.89. The molecule has 0 aliphatic rings. The molecule has 1 rings (SSSR count). The quantitative estimate of drug-likeness (QED) is 0.619. The number of rotatable bonds is 4. The van der Waals surface area contributed by atoms with Gasteiger partial charge < -0.3 is 4.74 Å². The molecule has 0 bridgehead atoms. The topological polar surface area (TPSA) is 26.3 Å². The summed E-state index contributed by atoms with van der Waals surface area (Å²) >= 11 is 5.54. The number of halogens is 5. The molecule has 0 aromatic heterocycles. The minimum Gasteiger partial charge on any atom is -0.455 e. The van der Waals surface area contributed by atoms with Gasteiger partial charge in [-0.15, -0.1) is 0 Å². The first-order chi connectivity index (χ1) is 7.83. The molecule has 0 aliphatic heterocycles. The van der Waals surface area contributed by atoms with Gasteiger partial charge in [-0.2, -0.15) is 8.78 Å². The van der Waals surface area contributed by atoms with Crippen molar-refractivity contribution in [3.8, 4) is 0 Å². The summed E-state index contributed by atoms with van der Waals surface area (Å²) in [6, 6.07) is 5.18. The molecule has 0 heterocycles. The summed E-state index contributed by atoms with van der Waals surface area (Å²) in [6.45, 7) is -1.66. The number of benzene rings is 1. The largest absolute Gasteiger partial charge is 0.455 e. The van der Waals surface area contributed by atoms with Crippen molar-refractivity contribution < 1.29 is 27.1 Å². The zero-order valence-corrected chi connectivity index (χ0v) is 9.06. The van der Waals surface area contributed by atoms with E-state index in [2.05, 4.69) is 4.74 Å². The van der Waals surface area contributed by atoms with E-state index >= 15 is 0 Å². The normalized spacial score (nSPS) is 11.6. The second-order valence-electron chi connectivity index (χ2n) is 3.14. The fourth-order valence-corrected chi connectivity index (χ4v) is 1.02. The van der Waals surface area contributed by atoms with E-state index in [4.69, 9.17) is 11.6 Å². The third-order valence-corrected chi connectivity index (χ3v) is 2.05. The van der Waals surface area contributed by atoms with Crippen LogP contribution in [0.15, 0.2) is 24.3 Å². The van der Waals surface area contributed by atoms with E-state index in [1.54, 1.807) is 0 Å². The van der Waals surface area contributed by atoms with Gasteiger partial charge in [0, 0.05) is 5.02 Å². The second kappa shape index (κ2) is 5.35. The highest BCUT2D eigenvalue weighted by Gasteiger charge is 2.42. The number of carbonyl (C=O) groups is 1. The van der Waals surface area contributed by atoms with Gasteiger partial charge >= 0.3 is 18.3 Å². The maximum atomic E-state index is 12.4. The predicted molar refractivity (Wildman–Crippen MR) is 52.7 cm³/mol. The predicted octanol–water partition coefficient (Wildman–Crippen LogP) is 3.40. The molecule has 0 atom stereocenters. The molecule has 0 aliphatic carbocycles. The van der Waals surface area contributed by atoms with Gasteiger partial charge in [-0.05, 0) is 24.3 Å². The van der Waals surface area contributed by atoms with Crippen LogP contribution in [0.3, 0.4) is 0 Å². The van der Waals surface area contributed by atoms with Crippen molar-refractivity contribution in [1.29, 1.82) is 0 Å². The Bertz CT molecular complexity index is 392. The number of ether oxygens (including phenoxy) is 1. The zero-order chi connectivity index (χ0) is 13.1. The Hall–Kier alpha value is -1.30. The monoisotopic (exact) mass is 270 g/mol. The molecule has 1 aromatic rings. The smallest absolute Gasteiger partial charge is 0.340 e. The summed E-state index contributed by atoms with van der Waals surface area (Å²) in [6.07, 6.45) is -3.87. The highest BCUT2D eigenvalue weighted by atomic mass is 35.5. The summed E-state index contributed by atoms with van der Waals surface area (Å²) in [7, 11) is 0. The molecule has 0 saturated heterocycles. The summed E-state index contributed by atoms with van der Waals surface area (Å²) in [5.74, 6) is -5.45. The van der Waals surface area contributed by atoms with Gasteiger partial charge in [0.25, 0.3) is 0 Å². The van der Waals surface area contributed by atoms with Crippen LogP contribution in [-0.2, 0) is 4.74 Å². The van der Waals surface area contributed by atoms with E-state index in [0.717, 1.165) is 0 Å². The highest BCUT2D eigenvalue weighted by Crippen LogP contribution is 2.23. The van der Waals surface area contributed by atoms with Crippen molar-refractivity contribution in [2.45, 2.75) is 12.3 Å². The number of esters is 1.